The van der Waals surface area contributed by atoms with Crippen LogP contribution < -0.4 is 15.4 Å². The molecule has 0 radical (unpaired) electrons. The molecule has 0 spiro atoms. The maximum atomic E-state index is 13.7. The van der Waals surface area contributed by atoms with Gasteiger partial charge in [0.2, 0.25) is 11.8 Å². The number of carbonyl (C=O) groups is 2. The summed E-state index contributed by atoms with van der Waals surface area (Å²) in [4.78, 5) is 24.0. The van der Waals surface area contributed by atoms with Crippen molar-refractivity contribution in [3.05, 3.63) is 96.3 Å². The van der Waals surface area contributed by atoms with Gasteiger partial charge in [0.25, 0.3) is 0 Å². The van der Waals surface area contributed by atoms with Crippen LogP contribution >= 0.6 is 0 Å². The van der Waals surface area contributed by atoms with Crippen LogP contribution in [0.2, 0.25) is 0 Å². The number of rotatable bonds is 7. The van der Waals surface area contributed by atoms with Crippen molar-refractivity contribution in [1.29, 1.82) is 5.26 Å². The molecule has 6 nitrogen and oxygen atoms in total. The summed E-state index contributed by atoms with van der Waals surface area (Å²) in [7, 11) is 0. The van der Waals surface area contributed by atoms with E-state index in [0.717, 1.165) is 6.08 Å². The lowest BCUT2D eigenvalue weighted by molar-refractivity contribution is -0.115. The Morgan fingerprint density at radius 2 is 1.77 bits per heavy atom. The fourth-order valence-electron chi connectivity index (χ4n) is 2.79. The predicted molar refractivity (Wildman–Crippen MR) is 115 cm³/mol. The first-order valence-electron chi connectivity index (χ1n) is 9.28. The quantitative estimate of drug-likeness (QED) is 0.543. The number of nitrogens with one attached hydrogen (secondary N) is 2. The van der Waals surface area contributed by atoms with Gasteiger partial charge in [-0.15, -0.1) is 0 Å². The minimum atomic E-state index is -0.659. The summed E-state index contributed by atoms with van der Waals surface area (Å²) in [6, 6.07) is 19.4. The summed E-state index contributed by atoms with van der Waals surface area (Å²) in [5, 5.41) is 14.5. The van der Waals surface area contributed by atoms with Crippen molar-refractivity contribution in [2.24, 2.45) is 0 Å². The third-order valence-corrected chi connectivity index (χ3v) is 4.26. The maximum absolute atomic E-state index is 13.7. The number of carbonyl (C=O) groups excluding carboxylic acids is 2. The second-order valence-corrected chi connectivity index (χ2v) is 6.43. The third-order valence-electron chi connectivity index (χ3n) is 4.26. The molecule has 2 N–H and O–H groups in total. The summed E-state index contributed by atoms with van der Waals surface area (Å²) < 4.78 is 19.3. The van der Waals surface area contributed by atoms with Gasteiger partial charge in [-0.25, -0.2) is 4.39 Å². The lowest BCUT2D eigenvalue weighted by Crippen LogP contribution is -2.16. The van der Waals surface area contributed by atoms with Crippen LogP contribution in [0.25, 0.3) is 0 Å². The van der Waals surface area contributed by atoms with E-state index in [2.05, 4.69) is 17.2 Å². The van der Waals surface area contributed by atoms with Crippen LogP contribution in [0, 0.1) is 17.1 Å². The van der Waals surface area contributed by atoms with Gasteiger partial charge >= 0.3 is 0 Å². The van der Waals surface area contributed by atoms with E-state index in [1.807, 2.05) is 0 Å². The van der Waals surface area contributed by atoms with Gasteiger partial charge in [0, 0.05) is 11.4 Å². The molecule has 7 heteroatoms. The lowest BCUT2D eigenvalue weighted by Gasteiger charge is -2.11. The van der Waals surface area contributed by atoms with E-state index in [9.17, 15) is 14.0 Å². The number of nitriles is 1. The molecule has 0 aliphatic rings. The Morgan fingerprint density at radius 1 is 1.03 bits per heavy atom. The van der Waals surface area contributed by atoms with E-state index >= 15 is 0 Å². The fraction of sp³-hybridized carbons (Fsp3) is 0.0417. The molecule has 3 aromatic rings. The minimum absolute atomic E-state index is 0.0562. The van der Waals surface area contributed by atoms with E-state index in [1.54, 1.807) is 54.6 Å². The highest BCUT2D eigenvalue weighted by molar-refractivity contribution is 6.00. The molecule has 3 aromatic carbocycles. The van der Waals surface area contributed by atoms with E-state index in [4.69, 9.17) is 10.00 Å². The Bertz CT molecular complexity index is 1170. The van der Waals surface area contributed by atoms with Crippen molar-refractivity contribution in [3.8, 4) is 17.6 Å². The standard InChI is InChI=1S/C24H18FN3O3/c1-2-23(29)28-21-8-4-3-6-16(21)14-24(30)27-17-10-12-18(13-11-17)31-22-9-5-7-20(25)19(22)15-26/h2-13H,1,14H2,(H,27,30)(H,28,29). The zero-order valence-corrected chi connectivity index (χ0v) is 16.4. The second-order valence-electron chi connectivity index (χ2n) is 6.43. The molecule has 154 valence electrons. The van der Waals surface area contributed by atoms with Gasteiger partial charge < -0.3 is 15.4 Å². The summed E-state index contributed by atoms with van der Waals surface area (Å²) in [6.07, 6.45) is 1.21. The maximum Gasteiger partial charge on any atom is 0.247 e. The lowest BCUT2D eigenvalue weighted by atomic mass is 10.1. The molecule has 2 amide bonds. The minimum Gasteiger partial charge on any atom is -0.456 e. The van der Waals surface area contributed by atoms with Gasteiger partial charge in [-0.3, -0.25) is 9.59 Å². The van der Waals surface area contributed by atoms with E-state index in [-0.39, 0.29) is 29.5 Å². The molecule has 0 heterocycles. The first kappa shape index (κ1) is 21.3. The van der Waals surface area contributed by atoms with Gasteiger partial charge in [-0.05, 0) is 54.1 Å². The van der Waals surface area contributed by atoms with Crippen LogP contribution in [-0.2, 0) is 16.0 Å². The van der Waals surface area contributed by atoms with E-state index in [0.29, 0.717) is 22.7 Å². The molecular formula is C24H18FN3O3. The highest BCUT2D eigenvalue weighted by Gasteiger charge is 2.11. The van der Waals surface area contributed by atoms with E-state index < -0.39 is 5.82 Å². The first-order chi connectivity index (χ1) is 15.0. The molecule has 0 aliphatic heterocycles. The van der Waals surface area contributed by atoms with Crippen LogP contribution in [-0.4, -0.2) is 11.8 Å². The second kappa shape index (κ2) is 9.85. The monoisotopic (exact) mass is 415 g/mol. The fourth-order valence-corrected chi connectivity index (χ4v) is 2.79. The third kappa shape index (κ3) is 5.55. The Hall–Kier alpha value is -4.44. The zero-order valence-electron chi connectivity index (χ0n) is 16.4. The predicted octanol–water partition coefficient (Wildman–Crippen LogP) is 4.80. The Labute approximate surface area is 178 Å². The number of amides is 2. The topological polar surface area (TPSA) is 91.2 Å². The average Bonchev–Trinajstić information content (AvgIpc) is 2.76. The summed E-state index contributed by atoms with van der Waals surface area (Å²) >= 11 is 0. The van der Waals surface area contributed by atoms with E-state index in [1.165, 1.54) is 18.2 Å². The molecule has 0 fully saturated rings. The number of hydrogen-bond acceptors (Lipinski definition) is 4. The van der Waals surface area contributed by atoms with Crippen LogP contribution in [0.15, 0.2) is 79.4 Å². The molecular weight excluding hydrogens is 397 g/mol. The highest BCUT2D eigenvalue weighted by atomic mass is 19.1. The van der Waals surface area contributed by atoms with Gasteiger partial charge in [0.1, 0.15) is 28.9 Å². The molecule has 3 rings (SSSR count). The SMILES string of the molecule is C=CC(=O)Nc1ccccc1CC(=O)Nc1ccc(Oc2cccc(F)c2C#N)cc1. The molecule has 0 saturated carbocycles. The molecule has 0 bridgehead atoms. The van der Waals surface area contributed by atoms with Crippen LogP contribution in [0.4, 0.5) is 15.8 Å². The van der Waals surface area contributed by atoms with Gasteiger partial charge in [0.15, 0.2) is 0 Å². The van der Waals surface area contributed by atoms with Crippen molar-refractivity contribution >= 4 is 23.2 Å². The largest absolute Gasteiger partial charge is 0.456 e. The molecule has 0 atom stereocenters. The molecule has 0 unspecified atom stereocenters. The summed E-state index contributed by atoms with van der Waals surface area (Å²) in [5.74, 6) is -0.796. The number of halogens is 1. The zero-order chi connectivity index (χ0) is 22.2. The van der Waals surface area contributed by atoms with Crippen molar-refractivity contribution in [2.75, 3.05) is 10.6 Å². The molecule has 31 heavy (non-hydrogen) atoms. The van der Waals surface area contributed by atoms with Crippen molar-refractivity contribution in [3.63, 3.8) is 0 Å². The smallest absolute Gasteiger partial charge is 0.247 e. The summed E-state index contributed by atoms with van der Waals surface area (Å²) in [6.45, 7) is 3.41. The Balaban J connectivity index is 1.65. The molecule has 0 aliphatic carbocycles. The van der Waals surface area contributed by atoms with Crippen molar-refractivity contribution < 1.29 is 18.7 Å². The normalized spacial score (nSPS) is 9.94. The van der Waals surface area contributed by atoms with Gasteiger partial charge in [0.05, 0.1) is 6.42 Å². The number of para-hydroxylation sites is 1. The molecule has 0 aromatic heterocycles. The van der Waals surface area contributed by atoms with Gasteiger partial charge in [-0.2, -0.15) is 5.26 Å². The van der Waals surface area contributed by atoms with Crippen LogP contribution in [0.5, 0.6) is 11.5 Å². The Morgan fingerprint density at radius 3 is 2.48 bits per heavy atom. The van der Waals surface area contributed by atoms with Gasteiger partial charge in [-0.1, -0.05) is 30.8 Å². The summed E-state index contributed by atoms with van der Waals surface area (Å²) in [5.41, 5.74) is 1.55. The number of benzene rings is 3. The number of nitrogens with zero attached hydrogens (tertiary/aromatic N) is 1. The first-order valence-corrected chi connectivity index (χ1v) is 9.28. The average molecular weight is 415 g/mol. The number of hydrogen-bond donors (Lipinski definition) is 2. The molecule has 0 saturated heterocycles. The number of anilines is 2. The van der Waals surface area contributed by atoms with Crippen molar-refractivity contribution in [2.45, 2.75) is 6.42 Å². The van der Waals surface area contributed by atoms with Crippen LogP contribution in [0.1, 0.15) is 11.1 Å². The van der Waals surface area contributed by atoms with Crippen LogP contribution in [0.3, 0.4) is 0 Å². The highest BCUT2D eigenvalue weighted by Crippen LogP contribution is 2.27. The Kier molecular flexibility index (Phi) is 6.76. The van der Waals surface area contributed by atoms with Crippen molar-refractivity contribution in [1.82, 2.24) is 0 Å². The number of ether oxygens (including phenoxy) is 1.